The minimum atomic E-state index is -0.732. The molecular formula is C27H26N2O6S. The molecule has 3 heterocycles. The van der Waals surface area contributed by atoms with Crippen molar-refractivity contribution in [3.8, 4) is 17.2 Å². The predicted molar refractivity (Wildman–Crippen MR) is 135 cm³/mol. The Kier molecular flexibility index (Phi) is 5.59. The van der Waals surface area contributed by atoms with Crippen molar-refractivity contribution >= 4 is 38.4 Å². The van der Waals surface area contributed by atoms with Crippen LogP contribution >= 0.6 is 11.3 Å². The summed E-state index contributed by atoms with van der Waals surface area (Å²) < 4.78 is 18.1. The van der Waals surface area contributed by atoms with Gasteiger partial charge in [0.2, 0.25) is 0 Å². The van der Waals surface area contributed by atoms with Crippen LogP contribution in [-0.2, 0) is 14.3 Å². The lowest BCUT2D eigenvalue weighted by molar-refractivity contribution is -0.131. The predicted octanol–water partition coefficient (Wildman–Crippen LogP) is 4.91. The summed E-state index contributed by atoms with van der Waals surface area (Å²) in [6.07, 6.45) is 3.19. The number of methoxy groups -OCH3 is 1. The smallest absolute Gasteiger partial charge is 0.296 e. The zero-order valence-corrected chi connectivity index (χ0v) is 20.8. The second kappa shape index (κ2) is 8.81. The number of carbonyl (C=O) groups is 2. The summed E-state index contributed by atoms with van der Waals surface area (Å²) in [5.74, 6) is 0.433. The molecule has 0 bridgehead atoms. The van der Waals surface area contributed by atoms with Gasteiger partial charge in [0, 0.05) is 0 Å². The number of amides is 1. The Bertz CT molecular complexity index is 1410. The van der Waals surface area contributed by atoms with E-state index in [1.54, 1.807) is 17.0 Å². The van der Waals surface area contributed by atoms with Crippen molar-refractivity contribution in [2.75, 3.05) is 18.6 Å². The standard InChI is InChI=1S/C27H26N2O6S/c1-3-34-15-9-10-17-21(13-15)36-27(28-17)29-23(14-8-11-18(30)20(12-14)33-2)22-24(31)16-6-4-5-7-19(16)35-25(22)26(29)32/h8-13,16,19,23,30H,3-7H2,1-2H3. The van der Waals surface area contributed by atoms with Gasteiger partial charge in [-0.05, 0) is 62.1 Å². The van der Waals surface area contributed by atoms with Gasteiger partial charge in [0.15, 0.2) is 28.2 Å². The van der Waals surface area contributed by atoms with Crippen LogP contribution in [0.4, 0.5) is 5.13 Å². The number of ether oxygens (including phenoxy) is 3. The van der Waals surface area contributed by atoms with Gasteiger partial charge in [0.25, 0.3) is 5.91 Å². The van der Waals surface area contributed by atoms with Crippen LogP contribution < -0.4 is 14.4 Å². The minimum absolute atomic E-state index is 0.0201. The molecule has 1 saturated carbocycles. The number of benzene rings is 2. The maximum absolute atomic E-state index is 13.9. The Balaban J connectivity index is 1.50. The normalized spacial score (nSPS) is 23.5. The molecule has 3 atom stereocenters. The molecule has 1 aliphatic carbocycles. The highest BCUT2D eigenvalue weighted by atomic mass is 32.1. The Hall–Kier alpha value is -3.59. The summed E-state index contributed by atoms with van der Waals surface area (Å²) in [5, 5.41) is 10.7. The topological polar surface area (TPSA) is 98.2 Å². The molecule has 36 heavy (non-hydrogen) atoms. The summed E-state index contributed by atoms with van der Waals surface area (Å²) in [6, 6.07) is 9.77. The van der Waals surface area contributed by atoms with E-state index < -0.39 is 6.04 Å². The van der Waals surface area contributed by atoms with Crippen LogP contribution in [0.1, 0.15) is 44.2 Å². The van der Waals surface area contributed by atoms with Crippen molar-refractivity contribution in [2.24, 2.45) is 5.92 Å². The van der Waals surface area contributed by atoms with E-state index in [1.165, 1.54) is 24.5 Å². The van der Waals surface area contributed by atoms with E-state index in [0.29, 0.717) is 22.9 Å². The molecule has 3 unspecified atom stereocenters. The van der Waals surface area contributed by atoms with Crippen LogP contribution in [0.5, 0.6) is 17.2 Å². The molecule has 1 amide bonds. The summed E-state index contributed by atoms with van der Waals surface area (Å²) >= 11 is 1.36. The lowest BCUT2D eigenvalue weighted by Gasteiger charge is -2.35. The first-order chi connectivity index (χ1) is 17.5. The van der Waals surface area contributed by atoms with Crippen LogP contribution in [0.25, 0.3) is 10.2 Å². The van der Waals surface area contributed by atoms with Crippen LogP contribution in [-0.4, -0.2) is 41.6 Å². The first-order valence-corrected chi connectivity index (χ1v) is 13.0. The highest BCUT2D eigenvalue weighted by Gasteiger charge is 2.53. The number of aromatic hydroxyl groups is 1. The molecule has 186 valence electrons. The van der Waals surface area contributed by atoms with E-state index in [1.807, 2.05) is 25.1 Å². The molecule has 3 aromatic rings. The molecule has 2 aromatic carbocycles. The average Bonchev–Trinajstić information content (AvgIpc) is 3.43. The fourth-order valence-corrected chi connectivity index (χ4v) is 6.49. The molecule has 9 heteroatoms. The molecule has 0 spiro atoms. The molecule has 6 rings (SSSR count). The van der Waals surface area contributed by atoms with Crippen LogP contribution in [0.2, 0.25) is 0 Å². The van der Waals surface area contributed by atoms with E-state index in [2.05, 4.69) is 0 Å². The number of aromatic nitrogens is 1. The number of thiazole rings is 1. The zero-order chi connectivity index (χ0) is 25.0. The van der Waals surface area contributed by atoms with Crippen molar-refractivity contribution in [1.82, 2.24) is 4.98 Å². The average molecular weight is 507 g/mol. The second-order valence-corrected chi connectivity index (χ2v) is 10.2. The first-order valence-electron chi connectivity index (χ1n) is 12.2. The van der Waals surface area contributed by atoms with Gasteiger partial charge in [-0.3, -0.25) is 14.5 Å². The van der Waals surface area contributed by atoms with Gasteiger partial charge < -0.3 is 19.3 Å². The lowest BCUT2D eigenvalue weighted by atomic mass is 9.77. The van der Waals surface area contributed by atoms with Crippen molar-refractivity contribution in [3.05, 3.63) is 53.3 Å². The number of phenolic OH excluding ortho intramolecular Hbond substituents is 1. The highest BCUT2D eigenvalue weighted by Crippen LogP contribution is 2.50. The Morgan fingerprint density at radius 3 is 2.81 bits per heavy atom. The quantitative estimate of drug-likeness (QED) is 0.525. The van der Waals surface area contributed by atoms with Gasteiger partial charge in [-0.1, -0.05) is 23.8 Å². The number of phenols is 1. The van der Waals surface area contributed by atoms with Crippen molar-refractivity contribution in [1.29, 1.82) is 0 Å². The Morgan fingerprint density at radius 2 is 2.00 bits per heavy atom. The van der Waals surface area contributed by atoms with Gasteiger partial charge in [0.05, 0.1) is 41.5 Å². The fourth-order valence-electron chi connectivity index (χ4n) is 5.47. The summed E-state index contributed by atoms with van der Waals surface area (Å²) in [4.78, 5) is 34.0. The SMILES string of the molecule is CCOc1ccc2nc(N3C(=O)C4=C(C(=O)C5CCCCC5O4)C3c3ccc(O)c(OC)c3)sc2c1. The van der Waals surface area contributed by atoms with E-state index in [9.17, 15) is 14.7 Å². The number of Topliss-reactive ketones (excluding diaryl/α,β-unsaturated/α-hetero) is 1. The van der Waals surface area contributed by atoms with Gasteiger partial charge in [-0.25, -0.2) is 4.98 Å². The maximum atomic E-state index is 13.9. The van der Waals surface area contributed by atoms with Gasteiger partial charge in [-0.15, -0.1) is 0 Å². The number of carbonyl (C=O) groups excluding carboxylic acids is 2. The molecule has 0 saturated heterocycles. The molecule has 3 aliphatic rings. The number of anilines is 1. The van der Waals surface area contributed by atoms with Crippen molar-refractivity contribution in [3.63, 3.8) is 0 Å². The first kappa shape index (κ1) is 22.8. The molecule has 1 N–H and O–H groups in total. The van der Waals surface area contributed by atoms with Crippen LogP contribution in [0.3, 0.4) is 0 Å². The molecule has 2 aliphatic heterocycles. The number of hydrogen-bond acceptors (Lipinski definition) is 8. The third-order valence-corrected chi connectivity index (χ3v) is 8.17. The zero-order valence-electron chi connectivity index (χ0n) is 20.0. The molecule has 1 fully saturated rings. The van der Waals surface area contributed by atoms with Crippen molar-refractivity contribution in [2.45, 2.75) is 44.8 Å². The third-order valence-electron chi connectivity index (χ3n) is 7.15. The molecule has 8 nitrogen and oxygen atoms in total. The number of fused-ring (bicyclic) bond motifs is 2. The van der Waals surface area contributed by atoms with Gasteiger partial charge in [-0.2, -0.15) is 0 Å². The number of rotatable bonds is 5. The third kappa shape index (κ3) is 3.52. The monoisotopic (exact) mass is 506 g/mol. The van der Waals surface area contributed by atoms with E-state index in [-0.39, 0.29) is 41.0 Å². The molecular weight excluding hydrogens is 480 g/mol. The summed E-state index contributed by atoms with van der Waals surface area (Å²) in [7, 11) is 1.46. The van der Waals surface area contributed by atoms with Crippen LogP contribution in [0, 0.1) is 5.92 Å². The van der Waals surface area contributed by atoms with Gasteiger partial charge >= 0.3 is 0 Å². The number of ketones is 1. The van der Waals surface area contributed by atoms with Gasteiger partial charge in [0.1, 0.15) is 11.9 Å². The molecule has 0 radical (unpaired) electrons. The largest absolute Gasteiger partial charge is 0.504 e. The highest BCUT2D eigenvalue weighted by molar-refractivity contribution is 7.22. The maximum Gasteiger partial charge on any atom is 0.296 e. The second-order valence-electron chi connectivity index (χ2n) is 9.22. The fraction of sp³-hybridized carbons (Fsp3) is 0.370. The summed E-state index contributed by atoms with van der Waals surface area (Å²) in [5.41, 5.74) is 1.74. The lowest BCUT2D eigenvalue weighted by Crippen LogP contribution is -2.39. The minimum Gasteiger partial charge on any atom is -0.504 e. The van der Waals surface area contributed by atoms with E-state index in [4.69, 9.17) is 19.2 Å². The molecule has 1 aromatic heterocycles. The number of hydrogen-bond donors (Lipinski definition) is 1. The Morgan fingerprint density at radius 1 is 1.17 bits per heavy atom. The van der Waals surface area contributed by atoms with E-state index in [0.717, 1.165) is 41.6 Å². The number of nitrogens with zero attached hydrogens (tertiary/aromatic N) is 2. The van der Waals surface area contributed by atoms with E-state index >= 15 is 0 Å². The van der Waals surface area contributed by atoms with Crippen LogP contribution in [0.15, 0.2) is 47.7 Å². The summed E-state index contributed by atoms with van der Waals surface area (Å²) in [6.45, 7) is 2.47. The Labute approximate surface area is 212 Å². The van der Waals surface area contributed by atoms with Crippen molar-refractivity contribution < 1.29 is 28.9 Å².